The van der Waals surface area contributed by atoms with E-state index in [0.717, 1.165) is 36.3 Å². The molecule has 2 aromatic heterocycles. The molecular formula is C24H24N4O. The van der Waals surface area contributed by atoms with Crippen molar-refractivity contribution in [1.82, 2.24) is 9.97 Å². The molecule has 0 saturated heterocycles. The predicted molar refractivity (Wildman–Crippen MR) is 119 cm³/mol. The first-order chi connectivity index (χ1) is 14.2. The molecule has 0 atom stereocenters. The van der Waals surface area contributed by atoms with Crippen molar-refractivity contribution in [1.29, 1.82) is 0 Å². The van der Waals surface area contributed by atoms with Crippen LogP contribution in [0, 0.1) is 0 Å². The van der Waals surface area contributed by atoms with E-state index in [-0.39, 0.29) is 5.91 Å². The minimum absolute atomic E-state index is 0.209. The molecule has 2 aromatic carbocycles. The van der Waals surface area contributed by atoms with Crippen molar-refractivity contribution in [2.24, 2.45) is 0 Å². The maximum Gasteiger partial charge on any atom is 0.274 e. The number of carbonyl (C=O) groups is 1. The standard InChI is InChI=1S/C24H24N4O/c1-2-17-7-9-19(10-8-17)28-24(29)23-12-11-20(16-27-23)25-14-13-18-15-26-22-6-4-3-5-21(18)22/h3-12,15-16,25-26H,2,13-14H2,1H3,(H,28,29). The molecule has 2 heterocycles. The Morgan fingerprint density at radius 3 is 2.55 bits per heavy atom. The molecule has 146 valence electrons. The first kappa shape index (κ1) is 18.7. The highest BCUT2D eigenvalue weighted by molar-refractivity contribution is 6.02. The normalized spacial score (nSPS) is 10.8. The van der Waals surface area contributed by atoms with Gasteiger partial charge in [-0.1, -0.05) is 37.3 Å². The predicted octanol–water partition coefficient (Wildman–Crippen LogP) is 5.03. The third kappa shape index (κ3) is 4.46. The number of aromatic amines is 1. The summed E-state index contributed by atoms with van der Waals surface area (Å²) in [5.74, 6) is -0.209. The Hall–Kier alpha value is -3.60. The quantitative estimate of drug-likeness (QED) is 0.418. The molecular weight excluding hydrogens is 360 g/mol. The van der Waals surface area contributed by atoms with Crippen molar-refractivity contribution in [3.8, 4) is 0 Å². The fraction of sp³-hybridized carbons (Fsp3) is 0.167. The van der Waals surface area contributed by atoms with Gasteiger partial charge in [-0.15, -0.1) is 0 Å². The number of aromatic nitrogens is 2. The van der Waals surface area contributed by atoms with Crippen LogP contribution in [0.4, 0.5) is 11.4 Å². The number of pyridine rings is 1. The highest BCUT2D eigenvalue weighted by atomic mass is 16.1. The molecule has 5 nitrogen and oxygen atoms in total. The van der Waals surface area contributed by atoms with E-state index in [4.69, 9.17) is 0 Å². The number of amides is 1. The molecule has 0 spiro atoms. The molecule has 0 aliphatic rings. The van der Waals surface area contributed by atoms with Gasteiger partial charge in [-0.25, -0.2) is 4.98 Å². The lowest BCUT2D eigenvalue weighted by Crippen LogP contribution is -2.14. The lowest BCUT2D eigenvalue weighted by atomic mass is 10.1. The summed E-state index contributed by atoms with van der Waals surface area (Å²) in [7, 11) is 0. The van der Waals surface area contributed by atoms with Crippen molar-refractivity contribution in [3.63, 3.8) is 0 Å². The van der Waals surface area contributed by atoms with E-state index in [2.05, 4.69) is 51.9 Å². The topological polar surface area (TPSA) is 69.8 Å². The van der Waals surface area contributed by atoms with Gasteiger partial charge < -0.3 is 15.6 Å². The van der Waals surface area contributed by atoms with Crippen LogP contribution in [0.5, 0.6) is 0 Å². The maximum absolute atomic E-state index is 12.4. The zero-order valence-corrected chi connectivity index (χ0v) is 16.4. The SMILES string of the molecule is CCc1ccc(NC(=O)c2ccc(NCCc3c[nH]c4ccccc34)cn2)cc1. The maximum atomic E-state index is 12.4. The first-order valence-corrected chi connectivity index (χ1v) is 9.88. The fourth-order valence-electron chi connectivity index (χ4n) is 3.33. The summed E-state index contributed by atoms with van der Waals surface area (Å²) in [5, 5.41) is 7.51. The average Bonchev–Trinajstić information content (AvgIpc) is 3.18. The molecule has 0 bridgehead atoms. The van der Waals surface area contributed by atoms with Crippen LogP contribution >= 0.6 is 0 Å². The highest BCUT2D eigenvalue weighted by Crippen LogP contribution is 2.18. The Morgan fingerprint density at radius 2 is 1.79 bits per heavy atom. The summed E-state index contributed by atoms with van der Waals surface area (Å²) >= 11 is 0. The number of carbonyl (C=O) groups excluding carboxylic acids is 1. The minimum atomic E-state index is -0.209. The second kappa shape index (κ2) is 8.61. The van der Waals surface area contributed by atoms with Crippen LogP contribution in [0.2, 0.25) is 0 Å². The van der Waals surface area contributed by atoms with Crippen molar-refractivity contribution < 1.29 is 4.79 Å². The Kier molecular flexibility index (Phi) is 5.56. The lowest BCUT2D eigenvalue weighted by molar-refractivity contribution is 0.102. The summed E-state index contributed by atoms with van der Waals surface area (Å²) in [6.07, 6.45) is 5.64. The average molecular weight is 384 g/mol. The van der Waals surface area contributed by atoms with E-state index in [0.29, 0.717) is 5.69 Å². The molecule has 0 fully saturated rings. The molecule has 0 aliphatic heterocycles. The smallest absolute Gasteiger partial charge is 0.274 e. The van der Waals surface area contributed by atoms with Gasteiger partial charge in [0.1, 0.15) is 5.69 Å². The number of anilines is 2. The van der Waals surface area contributed by atoms with Crippen LogP contribution in [0.15, 0.2) is 73.1 Å². The number of hydrogen-bond acceptors (Lipinski definition) is 3. The van der Waals surface area contributed by atoms with E-state index in [1.807, 2.05) is 36.4 Å². The van der Waals surface area contributed by atoms with Crippen LogP contribution in [0.3, 0.4) is 0 Å². The fourth-order valence-corrected chi connectivity index (χ4v) is 3.33. The second-order valence-corrected chi connectivity index (χ2v) is 6.97. The Balaban J connectivity index is 1.32. The first-order valence-electron chi connectivity index (χ1n) is 9.88. The van der Waals surface area contributed by atoms with E-state index >= 15 is 0 Å². The van der Waals surface area contributed by atoms with Crippen LogP contribution < -0.4 is 10.6 Å². The molecule has 1 amide bonds. The van der Waals surface area contributed by atoms with Crippen LogP contribution in [-0.2, 0) is 12.8 Å². The second-order valence-electron chi connectivity index (χ2n) is 6.97. The van der Waals surface area contributed by atoms with Gasteiger partial charge >= 0.3 is 0 Å². The van der Waals surface area contributed by atoms with Crippen LogP contribution in [-0.4, -0.2) is 22.4 Å². The number of aryl methyl sites for hydroxylation is 1. The number of hydrogen-bond donors (Lipinski definition) is 3. The molecule has 3 N–H and O–H groups in total. The van der Waals surface area contributed by atoms with Crippen molar-refractivity contribution in [3.05, 3.63) is 89.9 Å². The monoisotopic (exact) mass is 384 g/mol. The summed E-state index contributed by atoms with van der Waals surface area (Å²) < 4.78 is 0. The molecule has 4 aromatic rings. The zero-order chi connectivity index (χ0) is 20.1. The lowest BCUT2D eigenvalue weighted by Gasteiger charge is -2.08. The van der Waals surface area contributed by atoms with Gasteiger partial charge in [-0.3, -0.25) is 4.79 Å². The molecule has 0 saturated carbocycles. The van der Waals surface area contributed by atoms with Gasteiger partial charge in [0.25, 0.3) is 5.91 Å². The summed E-state index contributed by atoms with van der Waals surface area (Å²) in [4.78, 5) is 20.0. The molecule has 29 heavy (non-hydrogen) atoms. The third-order valence-corrected chi connectivity index (χ3v) is 5.01. The largest absolute Gasteiger partial charge is 0.383 e. The van der Waals surface area contributed by atoms with E-state index in [1.165, 1.54) is 16.5 Å². The Morgan fingerprint density at radius 1 is 1.00 bits per heavy atom. The third-order valence-electron chi connectivity index (χ3n) is 5.01. The van der Waals surface area contributed by atoms with E-state index in [1.54, 1.807) is 12.3 Å². The van der Waals surface area contributed by atoms with Gasteiger partial charge in [0.15, 0.2) is 0 Å². The van der Waals surface area contributed by atoms with Gasteiger partial charge in [0.2, 0.25) is 0 Å². The Bertz CT molecular complexity index is 1100. The molecule has 0 radical (unpaired) electrons. The van der Waals surface area contributed by atoms with Crippen molar-refractivity contribution in [2.75, 3.05) is 17.2 Å². The number of nitrogens with zero attached hydrogens (tertiary/aromatic N) is 1. The van der Waals surface area contributed by atoms with Crippen molar-refractivity contribution >= 4 is 28.2 Å². The number of benzene rings is 2. The number of nitrogens with one attached hydrogen (secondary N) is 3. The van der Waals surface area contributed by atoms with Gasteiger partial charge in [0, 0.05) is 29.3 Å². The highest BCUT2D eigenvalue weighted by Gasteiger charge is 2.08. The summed E-state index contributed by atoms with van der Waals surface area (Å²) in [6.45, 7) is 2.90. The number of H-pyrrole nitrogens is 1. The molecule has 0 unspecified atom stereocenters. The van der Waals surface area contributed by atoms with Gasteiger partial charge in [0.05, 0.1) is 11.9 Å². The van der Waals surface area contributed by atoms with E-state index < -0.39 is 0 Å². The molecule has 0 aliphatic carbocycles. The van der Waals surface area contributed by atoms with Crippen LogP contribution in [0.25, 0.3) is 10.9 Å². The van der Waals surface area contributed by atoms with Gasteiger partial charge in [-0.05, 0) is 54.3 Å². The Labute approximate surface area is 170 Å². The summed E-state index contributed by atoms with van der Waals surface area (Å²) in [6, 6.07) is 19.8. The van der Waals surface area contributed by atoms with E-state index in [9.17, 15) is 4.79 Å². The van der Waals surface area contributed by atoms with Crippen molar-refractivity contribution in [2.45, 2.75) is 19.8 Å². The molecule has 4 rings (SSSR count). The number of rotatable bonds is 7. The minimum Gasteiger partial charge on any atom is -0.383 e. The van der Waals surface area contributed by atoms with Crippen LogP contribution in [0.1, 0.15) is 28.5 Å². The van der Waals surface area contributed by atoms with Gasteiger partial charge in [-0.2, -0.15) is 0 Å². The zero-order valence-electron chi connectivity index (χ0n) is 16.4. The summed E-state index contributed by atoms with van der Waals surface area (Å²) in [5.41, 5.74) is 5.74. The number of fused-ring (bicyclic) bond motifs is 1. The molecule has 5 heteroatoms. The number of para-hydroxylation sites is 1.